The van der Waals surface area contributed by atoms with Crippen molar-refractivity contribution in [3.05, 3.63) is 29.5 Å². The molecule has 0 unspecified atom stereocenters. The maximum absolute atomic E-state index is 12.7. The summed E-state index contributed by atoms with van der Waals surface area (Å²) in [6.07, 6.45) is 2.22. The number of oxazole rings is 1. The molecule has 0 saturated carbocycles. The number of fused-ring (bicyclic) bond motifs is 1. The Bertz CT molecular complexity index is 1110. The van der Waals surface area contributed by atoms with Gasteiger partial charge in [0.1, 0.15) is 17.5 Å². The largest absolute Gasteiger partial charge is 0.432 e. The van der Waals surface area contributed by atoms with Crippen LogP contribution in [0.1, 0.15) is 17.5 Å². The summed E-state index contributed by atoms with van der Waals surface area (Å²) in [6.45, 7) is -1.50. The number of hydrogen-bond donors (Lipinski definition) is 1. The van der Waals surface area contributed by atoms with E-state index in [0.29, 0.717) is 11.6 Å². The van der Waals surface area contributed by atoms with E-state index in [-0.39, 0.29) is 34.7 Å². The van der Waals surface area contributed by atoms with E-state index >= 15 is 0 Å². The molecule has 1 aliphatic rings. The van der Waals surface area contributed by atoms with Gasteiger partial charge in [0.25, 0.3) is 6.01 Å². The van der Waals surface area contributed by atoms with Gasteiger partial charge in [-0.1, -0.05) is 6.07 Å². The first-order valence-electron chi connectivity index (χ1n) is 8.80. The monoisotopic (exact) mass is 402 g/mol. The number of anilines is 2. The van der Waals surface area contributed by atoms with Gasteiger partial charge in [0.2, 0.25) is 5.91 Å². The zero-order valence-electron chi connectivity index (χ0n) is 15.4. The highest BCUT2D eigenvalue weighted by Crippen LogP contribution is 2.34. The second-order valence-corrected chi connectivity index (χ2v) is 6.48. The zero-order chi connectivity index (χ0) is 20.5. The number of nitrogens with one attached hydrogen (secondary N) is 1. The first-order valence-corrected chi connectivity index (χ1v) is 8.80. The highest BCUT2D eigenvalue weighted by molar-refractivity contribution is 5.95. The van der Waals surface area contributed by atoms with E-state index in [4.69, 9.17) is 9.68 Å². The van der Waals surface area contributed by atoms with Gasteiger partial charge < -0.3 is 19.4 Å². The molecule has 1 saturated heterocycles. The number of benzene rings is 1. The first-order chi connectivity index (χ1) is 14.0. The van der Waals surface area contributed by atoms with Crippen molar-refractivity contribution in [2.24, 2.45) is 7.05 Å². The highest BCUT2D eigenvalue weighted by Gasteiger charge is 2.24. The van der Waals surface area contributed by atoms with Crippen LogP contribution in [0.4, 0.5) is 20.6 Å². The molecule has 0 radical (unpaired) electrons. The van der Waals surface area contributed by atoms with Gasteiger partial charge in [-0.25, -0.2) is 0 Å². The minimum absolute atomic E-state index is 0.115. The number of aromatic nitrogens is 3. The Kier molecular flexibility index (Phi) is 4.75. The minimum Gasteiger partial charge on any atom is -0.432 e. The molecule has 0 spiro atoms. The summed E-state index contributed by atoms with van der Waals surface area (Å²) in [4.78, 5) is 18.7. The molecule has 29 heavy (non-hydrogen) atoms. The average molecular weight is 402 g/mol. The maximum atomic E-state index is 12.7. The summed E-state index contributed by atoms with van der Waals surface area (Å²) >= 11 is 0. The number of carbonyl (C=O) groups excluding carboxylic acids is 1. The van der Waals surface area contributed by atoms with Gasteiger partial charge in [-0.2, -0.15) is 24.1 Å². The van der Waals surface area contributed by atoms with E-state index in [9.17, 15) is 13.6 Å². The van der Waals surface area contributed by atoms with Crippen molar-refractivity contribution in [1.82, 2.24) is 14.8 Å². The lowest BCUT2D eigenvalue weighted by Crippen LogP contribution is -2.37. The predicted octanol–water partition coefficient (Wildman–Crippen LogP) is 2.43. The predicted molar refractivity (Wildman–Crippen MR) is 97.7 cm³/mol. The molecule has 3 heterocycles. The number of carbonyl (C=O) groups is 1. The van der Waals surface area contributed by atoms with Crippen LogP contribution >= 0.6 is 0 Å². The fourth-order valence-electron chi connectivity index (χ4n) is 3.01. The van der Waals surface area contributed by atoms with Gasteiger partial charge in [-0.05, 0) is 12.5 Å². The van der Waals surface area contributed by atoms with E-state index in [1.165, 1.54) is 23.0 Å². The van der Waals surface area contributed by atoms with Gasteiger partial charge in [0.15, 0.2) is 16.8 Å². The number of aryl methyl sites for hydroxylation is 1. The van der Waals surface area contributed by atoms with Crippen LogP contribution in [0.5, 0.6) is 5.75 Å². The van der Waals surface area contributed by atoms with Crippen LogP contribution in [0, 0.1) is 11.3 Å². The summed E-state index contributed by atoms with van der Waals surface area (Å²) in [5, 5.41) is 15.7. The lowest BCUT2D eigenvalue weighted by molar-refractivity contribution is -0.115. The van der Waals surface area contributed by atoms with Crippen molar-refractivity contribution in [3.8, 4) is 11.8 Å². The summed E-state index contributed by atoms with van der Waals surface area (Å²) < 4.78 is 37.2. The average Bonchev–Trinajstić information content (AvgIpc) is 3.20. The second-order valence-electron chi connectivity index (χ2n) is 6.48. The number of ether oxygens (including phenoxy) is 1. The van der Waals surface area contributed by atoms with Gasteiger partial charge in [0.05, 0.1) is 12.6 Å². The molecule has 1 aromatic carbocycles. The van der Waals surface area contributed by atoms with Crippen molar-refractivity contribution in [2.45, 2.75) is 19.5 Å². The summed E-state index contributed by atoms with van der Waals surface area (Å²) in [5.74, 6) is -0.269. The Morgan fingerprint density at radius 2 is 2.24 bits per heavy atom. The molecule has 1 N–H and O–H groups in total. The minimum atomic E-state index is -3.01. The van der Waals surface area contributed by atoms with Gasteiger partial charge in [0, 0.05) is 25.7 Å². The van der Waals surface area contributed by atoms with E-state index in [0.717, 1.165) is 19.5 Å². The van der Waals surface area contributed by atoms with E-state index in [1.807, 2.05) is 11.0 Å². The van der Waals surface area contributed by atoms with E-state index in [2.05, 4.69) is 20.1 Å². The number of rotatable bonds is 6. The topological polar surface area (TPSA) is 109 Å². The molecule has 0 bridgehead atoms. The third-order valence-corrected chi connectivity index (χ3v) is 4.59. The molecular weight excluding hydrogens is 386 g/mol. The molecule has 9 nitrogen and oxygen atoms in total. The molecule has 11 heteroatoms. The smallest absolute Gasteiger partial charge is 0.387 e. The number of alkyl halides is 2. The summed E-state index contributed by atoms with van der Waals surface area (Å²) in [6, 6.07) is 5.08. The third kappa shape index (κ3) is 3.56. The SMILES string of the molecule is Cn1ncc(C#N)c1NC(=O)Cc1ccc(OC(F)F)c2nc(N3CCC3)oc12. The first kappa shape index (κ1) is 18.7. The van der Waals surface area contributed by atoms with Crippen LogP contribution < -0.4 is 15.0 Å². The fourth-order valence-corrected chi connectivity index (χ4v) is 3.01. The summed E-state index contributed by atoms with van der Waals surface area (Å²) in [7, 11) is 1.60. The molecule has 0 aliphatic carbocycles. The van der Waals surface area contributed by atoms with Crippen LogP contribution in [-0.2, 0) is 18.3 Å². The molecule has 1 aliphatic heterocycles. The molecule has 1 fully saturated rings. The number of hydrogen-bond acceptors (Lipinski definition) is 7. The number of amides is 1. The second kappa shape index (κ2) is 7.38. The molecule has 2 aromatic heterocycles. The van der Waals surface area contributed by atoms with Gasteiger partial charge in [-0.15, -0.1) is 0 Å². The molecule has 4 rings (SSSR count). The maximum Gasteiger partial charge on any atom is 0.387 e. The Labute approximate surface area is 163 Å². The van der Waals surface area contributed by atoms with Crippen molar-refractivity contribution in [1.29, 1.82) is 5.26 Å². The normalized spacial score (nSPS) is 13.4. The molecule has 0 atom stereocenters. The summed E-state index contributed by atoms with van der Waals surface area (Å²) in [5.41, 5.74) is 1.03. The van der Waals surface area contributed by atoms with Crippen LogP contribution in [0.15, 0.2) is 22.7 Å². The van der Waals surface area contributed by atoms with Crippen LogP contribution in [-0.4, -0.2) is 40.4 Å². The van der Waals surface area contributed by atoms with Crippen molar-refractivity contribution in [3.63, 3.8) is 0 Å². The molecular formula is C18H16F2N6O3. The van der Waals surface area contributed by atoms with Crippen molar-refractivity contribution < 1.29 is 22.7 Å². The van der Waals surface area contributed by atoms with Crippen LogP contribution in [0.25, 0.3) is 11.1 Å². The standard InChI is InChI=1S/C18H16F2N6O3/c1-25-16(11(8-21)9-22-25)23-13(27)7-10-3-4-12(28-17(19)20)14-15(10)29-18(24-14)26-5-2-6-26/h3-4,9,17H,2,5-7H2,1H3,(H,23,27). The Balaban J connectivity index is 1.64. The fraction of sp³-hybridized carbons (Fsp3) is 0.333. The van der Waals surface area contributed by atoms with Crippen molar-refractivity contribution >= 4 is 28.8 Å². The van der Waals surface area contributed by atoms with E-state index in [1.54, 1.807) is 7.05 Å². The lowest BCUT2D eigenvalue weighted by atomic mass is 10.1. The lowest BCUT2D eigenvalue weighted by Gasteiger charge is -2.28. The Morgan fingerprint density at radius 3 is 2.90 bits per heavy atom. The molecule has 150 valence electrons. The zero-order valence-corrected chi connectivity index (χ0v) is 15.4. The van der Waals surface area contributed by atoms with Crippen LogP contribution in [0.3, 0.4) is 0 Å². The third-order valence-electron chi connectivity index (χ3n) is 4.59. The molecule has 3 aromatic rings. The van der Waals surface area contributed by atoms with Crippen LogP contribution in [0.2, 0.25) is 0 Å². The Hall–Kier alpha value is -3.68. The highest BCUT2D eigenvalue weighted by atomic mass is 19.3. The number of nitrogens with zero attached hydrogens (tertiary/aromatic N) is 5. The molecule has 1 amide bonds. The van der Waals surface area contributed by atoms with Gasteiger partial charge >= 0.3 is 6.61 Å². The quantitative estimate of drug-likeness (QED) is 0.674. The van der Waals surface area contributed by atoms with E-state index < -0.39 is 12.5 Å². The Morgan fingerprint density at radius 1 is 1.45 bits per heavy atom. The number of nitriles is 1. The van der Waals surface area contributed by atoms with Gasteiger partial charge in [-0.3, -0.25) is 9.48 Å². The number of halogens is 2. The van der Waals surface area contributed by atoms with Crippen molar-refractivity contribution in [2.75, 3.05) is 23.3 Å².